The van der Waals surface area contributed by atoms with E-state index < -0.39 is 83.2 Å². The lowest BCUT2D eigenvalue weighted by molar-refractivity contribution is -0.139. The van der Waals surface area contributed by atoms with Crippen molar-refractivity contribution in [2.24, 2.45) is 5.41 Å². The van der Waals surface area contributed by atoms with Crippen LogP contribution in [-0.2, 0) is 102 Å². The Labute approximate surface area is 530 Å². The summed E-state index contributed by atoms with van der Waals surface area (Å²) < 4.78 is 56.4. The molecule has 0 radical (unpaired) electrons. The van der Waals surface area contributed by atoms with Gasteiger partial charge in [-0.25, -0.2) is 4.79 Å². The number of rotatable bonds is 56. The maximum absolute atomic E-state index is 14.2. The quantitative estimate of drug-likeness (QED) is 0.0287. The van der Waals surface area contributed by atoms with E-state index in [1.54, 1.807) is 0 Å². The van der Waals surface area contributed by atoms with E-state index in [0.717, 1.165) is 27.1 Å². The zero-order valence-electron chi connectivity index (χ0n) is 51.3. The normalized spacial score (nSPS) is 11.5. The Hall–Kier alpha value is -8.01. The van der Waals surface area contributed by atoms with Gasteiger partial charge in [-0.05, 0) is 34.0 Å². The van der Waals surface area contributed by atoms with Gasteiger partial charge >= 0.3 is 41.9 Å². The number of carbonyl (C=O) groups excluding carboxylic acids is 5. The predicted octanol–water partition coefficient (Wildman–Crippen LogP) is 2.57. The van der Waals surface area contributed by atoms with Gasteiger partial charge in [0.2, 0.25) is 17.7 Å². The number of carboxylic acid groups (broad SMARTS) is 6. The molecule has 31 nitrogen and oxygen atoms in total. The molecule has 0 aromatic heterocycles. The Morgan fingerprint density at radius 3 is 1.01 bits per heavy atom. The predicted molar refractivity (Wildman–Crippen MR) is 321 cm³/mol. The number of carbonyl (C=O) groups is 11. The summed E-state index contributed by atoms with van der Waals surface area (Å²) in [5.41, 5.74) is -0.618. The Morgan fingerprint density at radius 2 is 0.696 bits per heavy atom. The Kier molecular flexibility index (Phi) is 39.2. The van der Waals surface area contributed by atoms with E-state index in [1.165, 1.54) is 0 Å². The summed E-state index contributed by atoms with van der Waals surface area (Å²) in [7, 11) is 0. The first-order valence-corrected chi connectivity index (χ1v) is 29.8. The first-order chi connectivity index (χ1) is 44.1. The fraction of sp³-hybridized carbons (Fsp3) is 0.590. The molecule has 0 unspecified atom stereocenters. The number of benzene rings is 3. The van der Waals surface area contributed by atoms with Crippen molar-refractivity contribution in [1.29, 1.82) is 0 Å². The molecular formula is C61H86N4O27. The van der Waals surface area contributed by atoms with Crippen LogP contribution in [0.1, 0.15) is 82.6 Å². The number of ether oxygens (including phenoxy) is 10. The highest BCUT2D eigenvalue weighted by Gasteiger charge is 2.35. The lowest BCUT2D eigenvalue weighted by Crippen LogP contribution is -2.43. The average molecular weight is 1310 g/mol. The third-order valence-corrected chi connectivity index (χ3v) is 13.1. The van der Waals surface area contributed by atoms with Crippen LogP contribution in [0.2, 0.25) is 0 Å². The number of aliphatic carboxylic acids is 6. The first kappa shape index (κ1) is 78.2. The van der Waals surface area contributed by atoms with Gasteiger partial charge in [-0.15, -0.1) is 0 Å². The topological polar surface area (TPSA) is 450 Å². The van der Waals surface area contributed by atoms with E-state index >= 15 is 0 Å². The molecule has 0 aliphatic rings. The van der Waals surface area contributed by atoms with Crippen LogP contribution in [0.25, 0.3) is 21.5 Å². The Morgan fingerprint density at radius 1 is 0.391 bits per heavy atom. The first-order valence-electron chi connectivity index (χ1n) is 29.8. The average Bonchev–Trinajstić information content (AvgIpc) is 0.809. The number of carboxylic acids is 6. The molecule has 0 aliphatic heterocycles. The zero-order chi connectivity index (χ0) is 67.4. The van der Waals surface area contributed by atoms with Crippen molar-refractivity contribution in [2.75, 3.05) is 125 Å². The Bertz CT molecular complexity index is 2510. The molecule has 0 heterocycles. The van der Waals surface area contributed by atoms with Gasteiger partial charge in [-0.3, -0.25) is 47.9 Å². The molecule has 3 aromatic rings. The van der Waals surface area contributed by atoms with Gasteiger partial charge < -0.3 is 99.3 Å². The summed E-state index contributed by atoms with van der Waals surface area (Å²) in [6.45, 7) is -4.21. The summed E-state index contributed by atoms with van der Waals surface area (Å²) in [5, 5.41) is 68.7. The second kappa shape index (κ2) is 46.1. The second-order valence-electron chi connectivity index (χ2n) is 21.1. The molecule has 4 amide bonds. The van der Waals surface area contributed by atoms with Crippen LogP contribution in [0.4, 0.5) is 4.79 Å². The van der Waals surface area contributed by atoms with Crippen LogP contribution in [0.5, 0.6) is 0 Å². The molecule has 0 atom stereocenters. The summed E-state index contributed by atoms with van der Waals surface area (Å²) in [4.78, 5) is 134. The summed E-state index contributed by atoms with van der Waals surface area (Å²) in [6, 6.07) is 14.9. The summed E-state index contributed by atoms with van der Waals surface area (Å²) >= 11 is 0. The van der Waals surface area contributed by atoms with E-state index in [1.807, 2.05) is 54.6 Å². The third kappa shape index (κ3) is 36.7. The van der Waals surface area contributed by atoms with Crippen molar-refractivity contribution in [1.82, 2.24) is 21.3 Å². The molecule has 0 saturated heterocycles. The van der Waals surface area contributed by atoms with Crippen molar-refractivity contribution < 1.29 is 131 Å². The molecule has 0 fully saturated rings. The van der Waals surface area contributed by atoms with E-state index in [9.17, 15) is 52.7 Å². The number of hydrogen-bond donors (Lipinski definition) is 10. The SMILES string of the molecule is O=C(O)CCOCC(COCCC(=O)O)NC(=O)CCOCC(COCCC(=O)NC(COCCC(=O)O)COCCC(=O)O)(COCCC(=O)NC(COCCC(=O)O)COCCC(=O)O)CC(=O)CCCNC(=O)OCc1c2ccccc2cc2ccccc12. The number of Topliss-reactive ketones (excluding diaryl/α,β-unsaturated/α-hetero) is 1. The van der Waals surface area contributed by atoms with Gasteiger partial charge in [-0.2, -0.15) is 0 Å². The fourth-order valence-electron chi connectivity index (χ4n) is 8.68. The molecule has 512 valence electrons. The van der Waals surface area contributed by atoms with Crippen molar-refractivity contribution in [3.8, 4) is 0 Å². The molecule has 0 spiro atoms. The van der Waals surface area contributed by atoms with Crippen LogP contribution < -0.4 is 21.3 Å². The van der Waals surface area contributed by atoms with E-state index in [2.05, 4.69) is 21.3 Å². The van der Waals surface area contributed by atoms with Crippen LogP contribution >= 0.6 is 0 Å². The molecule has 0 aliphatic carbocycles. The monoisotopic (exact) mass is 1310 g/mol. The van der Waals surface area contributed by atoms with Gasteiger partial charge in [0.15, 0.2) is 0 Å². The van der Waals surface area contributed by atoms with Crippen molar-refractivity contribution in [3.63, 3.8) is 0 Å². The second-order valence-corrected chi connectivity index (χ2v) is 21.1. The largest absolute Gasteiger partial charge is 0.481 e. The number of nitrogens with one attached hydrogen (secondary N) is 4. The van der Waals surface area contributed by atoms with Crippen LogP contribution in [0.15, 0.2) is 54.6 Å². The third-order valence-electron chi connectivity index (χ3n) is 13.1. The van der Waals surface area contributed by atoms with Gasteiger partial charge in [-0.1, -0.05) is 48.5 Å². The number of alkyl carbamates (subject to hydrolysis) is 1. The molecule has 10 N–H and O–H groups in total. The minimum absolute atomic E-state index is 0.0132. The molecule has 92 heavy (non-hydrogen) atoms. The fourth-order valence-corrected chi connectivity index (χ4v) is 8.68. The molecule has 3 rings (SSSR count). The lowest BCUT2D eigenvalue weighted by Gasteiger charge is -2.33. The van der Waals surface area contributed by atoms with Crippen LogP contribution in [-0.4, -0.2) is 240 Å². The number of hydrogen-bond acceptors (Lipinski definition) is 21. The number of fused-ring (bicyclic) bond motifs is 2. The molecule has 3 aromatic carbocycles. The molecular weight excluding hydrogens is 1220 g/mol. The standard InChI is InChI=1S/C61H86N4O27/c66-47(8-5-20-62-60(82)92-38-50-48-9-3-1-6-42(48)30-43-7-2-4-10-49(43)50)31-61(39-89-21-11-51(67)63-44(32-83-24-14-54(70)71)33-84-25-15-55(72)73,40-90-22-12-52(68)64-45(34-85-26-16-56(74)75)35-86-27-17-57(76)77)41-91-23-13-53(69)65-46(36-87-28-18-58(78)79)37-88-29-19-59(80)81/h1-4,6-7,9-10,30,44-46H,5,8,11-29,31-41H2,(H,62,82)(H,63,67)(H,64,68)(H,65,69)(H,70,71)(H,72,73)(H,74,75)(H,76,77)(H,78,79)(H,80,81). The molecule has 31 heteroatoms. The van der Waals surface area contributed by atoms with Gasteiger partial charge in [0, 0.05) is 49.6 Å². The Balaban J connectivity index is 1.84. The number of amides is 4. The van der Waals surface area contributed by atoms with E-state index in [4.69, 9.17) is 78.0 Å². The minimum atomic E-state index is -1.43. The van der Waals surface area contributed by atoms with Gasteiger partial charge in [0.05, 0.1) is 176 Å². The van der Waals surface area contributed by atoms with E-state index in [0.29, 0.717) is 0 Å². The molecule has 0 bridgehead atoms. The lowest BCUT2D eigenvalue weighted by atomic mass is 9.84. The maximum Gasteiger partial charge on any atom is 0.407 e. The summed E-state index contributed by atoms with van der Waals surface area (Å²) in [6.07, 6.45) is -3.90. The van der Waals surface area contributed by atoms with Gasteiger partial charge in [0.25, 0.3) is 0 Å². The van der Waals surface area contributed by atoms with E-state index in [-0.39, 0.29) is 215 Å². The van der Waals surface area contributed by atoms with Crippen LogP contribution in [0.3, 0.4) is 0 Å². The molecule has 0 saturated carbocycles. The number of ketones is 1. The minimum Gasteiger partial charge on any atom is -0.481 e. The highest BCUT2D eigenvalue weighted by molar-refractivity contribution is 6.02. The highest BCUT2D eigenvalue weighted by Crippen LogP contribution is 2.30. The van der Waals surface area contributed by atoms with Crippen LogP contribution in [0, 0.1) is 5.41 Å². The smallest absolute Gasteiger partial charge is 0.407 e. The van der Waals surface area contributed by atoms with Crippen molar-refractivity contribution >= 4 is 87.0 Å². The van der Waals surface area contributed by atoms with Crippen molar-refractivity contribution in [3.05, 3.63) is 60.2 Å². The zero-order valence-corrected chi connectivity index (χ0v) is 51.3. The van der Waals surface area contributed by atoms with Crippen molar-refractivity contribution in [2.45, 2.75) is 102 Å². The van der Waals surface area contributed by atoms with Gasteiger partial charge in [0.1, 0.15) is 12.4 Å². The summed E-state index contributed by atoms with van der Waals surface area (Å²) in [5.74, 6) is -8.86. The highest BCUT2D eigenvalue weighted by atomic mass is 16.6. The maximum atomic E-state index is 14.2.